The van der Waals surface area contributed by atoms with E-state index in [9.17, 15) is 4.79 Å². The summed E-state index contributed by atoms with van der Waals surface area (Å²) in [6.45, 7) is 2.65. The molecule has 2 fully saturated rings. The van der Waals surface area contributed by atoms with E-state index in [1.807, 2.05) is 0 Å². The maximum atomic E-state index is 12.1. The van der Waals surface area contributed by atoms with Crippen LogP contribution < -0.4 is 5.73 Å². The van der Waals surface area contributed by atoms with E-state index >= 15 is 0 Å². The number of piperidine rings is 1. The van der Waals surface area contributed by atoms with Crippen molar-refractivity contribution in [2.24, 2.45) is 17.6 Å². The number of rotatable bonds is 5. The highest BCUT2D eigenvalue weighted by atomic mass is 16.2. The van der Waals surface area contributed by atoms with Crippen molar-refractivity contribution < 1.29 is 4.79 Å². The fourth-order valence-electron chi connectivity index (χ4n) is 3.59. The molecule has 0 bridgehead atoms. The molecule has 1 saturated carbocycles. The van der Waals surface area contributed by atoms with Crippen LogP contribution in [0.1, 0.15) is 64.2 Å². The molecule has 3 nitrogen and oxygen atoms in total. The molecule has 0 aromatic carbocycles. The molecule has 1 aliphatic heterocycles. The van der Waals surface area contributed by atoms with E-state index in [0.29, 0.717) is 11.8 Å². The zero-order valence-electron chi connectivity index (χ0n) is 12.3. The van der Waals surface area contributed by atoms with Gasteiger partial charge in [0.05, 0.1) is 0 Å². The van der Waals surface area contributed by atoms with E-state index in [4.69, 9.17) is 5.73 Å². The Kier molecular flexibility index (Phi) is 6.15. The molecule has 1 aliphatic carbocycles. The molecular formula is C16H30N2O. The van der Waals surface area contributed by atoms with Crippen LogP contribution in [0, 0.1) is 11.8 Å². The molecule has 2 N–H and O–H groups in total. The summed E-state index contributed by atoms with van der Waals surface area (Å²) in [6.07, 6.45) is 12.4. The average molecular weight is 266 g/mol. The lowest BCUT2D eigenvalue weighted by atomic mass is 9.86. The molecule has 0 aromatic rings. The summed E-state index contributed by atoms with van der Waals surface area (Å²) in [7, 11) is 0. The number of carbonyl (C=O) groups excluding carboxylic acids is 1. The van der Waals surface area contributed by atoms with Crippen molar-refractivity contribution in [3.8, 4) is 0 Å². The molecule has 3 heteroatoms. The highest BCUT2D eigenvalue weighted by Crippen LogP contribution is 2.28. The normalized spacial score (nSPS) is 22.7. The molecule has 110 valence electrons. The molecule has 0 spiro atoms. The van der Waals surface area contributed by atoms with Gasteiger partial charge in [-0.3, -0.25) is 4.79 Å². The Labute approximate surface area is 117 Å². The van der Waals surface area contributed by atoms with Gasteiger partial charge in [0.1, 0.15) is 0 Å². The molecule has 0 aromatic heterocycles. The van der Waals surface area contributed by atoms with Crippen LogP contribution >= 0.6 is 0 Å². The van der Waals surface area contributed by atoms with Gasteiger partial charge in [0.2, 0.25) is 5.91 Å². The van der Waals surface area contributed by atoms with Crippen molar-refractivity contribution in [2.45, 2.75) is 64.2 Å². The molecule has 0 radical (unpaired) electrons. The van der Waals surface area contributed by atoms with Crippen LogP contribution in [-0.2, 0) is 4.79 Å². The first-order chi connectivity index (χ1) is 9.29. The number of hydrogen-bond acceptors (Lipinski definition) is 2. The highest BCUT2D eigenvalue weighted by molar-refractivity contribution is 5.76. The minimum atomic E-state index is 0.381. The van der Waals surface area contributed by atoms with E-state index in [1.165, 1.54) is 38.5 Å². The zero-order chi connectivity index (χ0) is 13.5. The third-order valence-electron chi connectivity index (χ3n) is 5.03. The van der Waals surface area contributed by atoms with Gasteiger partial charge in [0.25, 0.3) is 0 Å². The monoisotopic (exact) mass is 266 g/mol. The van der Waals surface area contributed by atoms with Crippen LogP contribution in [0.3, 0.4) is 0 Å². The van der Waals surface area contributed by atoms with Crippen molar-refractivity contribution in [1.82, 2.24) is 4.90 Å². The molecule has 2 aliphatic rings. The summed E-state index contributed by atoms with van der Waals surface area (Å²) in [6, 6.07) is 0. The minimum absolute atomic E-state index is 0.381. The fraction of sp³-hybridized carbons (Fsp3) is 0.938. The van der Waals surface area contributed by atoms with Crippen molar-refractivity contribution in [2.75, 3.05) is 19.6 Å². The lowest BCUT2D eigenvalue weighted by molar-refractivity contribution is -0.132. The van der Waals surface area contributed by atoms with Crippen molar-refractivity contribution in [3.63, 3.8) is 0 Å². The second-order valence-electron chi connectivity index (χ2n) is 6.46. The van der Waals surface area contributed by atoms with Gasteiger partial charge in [-0.15, -0.1) is 0 Å². The quantitative estimate of drug-likeness (QED) is 0.831. The topological polar surface area (TPSA) is 46.3 Å². The van der Waals surface area contributed by atoms with E-state index < -0.39 is 0 Å². The summed E-state index contributed by atoms with van der Waals surface area (Å²) in [5.41, 5.74) is 5.68. The molecule has 0 unspecified atom stereocenters. The van der Waals surface area contributed by atoms with Crippen molar-refractivity contribution in [3.05, 3.63) is 0 Å². The van der Waals surface area contributed by atoms with Gasteiger partial charge >= 0.3 is 0 Å². The summed E-state index contributed by atoms with van der Waals surface area (Å²) < 4.78 is 0. The summed E-state index contributed by atoms with van der Waals surface area (Å²) in [5, 5.41) is 0. The SMILES string of the molecule is NCC1CCN(C(=O)CCCC2CCCCC2)CC1. The van der Waals surface area contributed by atoms with Crippen LogP contribution in [0.4, 0.5) is 0 Å². The molecule has 1 amide bonds. The molecular weight excluding hydrogens is 236 g/mol. The summed E-state index contributed by atoms with van der Waals surface area (Å²) in [5.74, 6) is 1.93. The maximum absolute atomic E-state index is 12.1. The van der Waals surface area contributed by atoms with E-state index in [2.05, 4.69) is 4.90 Å². The standard InChI is InChI=1S/C16H30N2O/c17-13-15-9-11-18(12-10-15)16(19)8-4-7-14-5-2-1-3-6-14/h14-15H,1-13,17H2. The fourth-order valence-corrected chi connectivity index (χ4v) is 3.59. The van der Waals surface area contributed by atoms with Gasteiger partial charge in [-0.2, -0.15) is 0 Å². The minimum Gasteiger partial charge on any atom is -0.343 e. The Morgan fingerprint density at radius 2 is 1.68 bits per heavy atom. The highest BCUT2D eigenvalue weighted by Gasteiger charge is 2.22. The van der Waals surface area contributed by atoms with Crippen LogP contribution in [-0.4, -0.2) is 30.4 Å². The average Bonchev–Trinajstić information content (AvgIpc) is 2.48. The number of nitrogens with two attached hydrogens (primary N) is 1. The van der Waals surface area contributed by atoms with Gasteiger partial charge in [0.15, 0.2) is 0 Å². The Morgan fingerprint density at radius 1 is 1.00 bits per heavy atom. The Morgan fingerprint density at radius 3 is 2.32 bits per heavy atom. The van der Waals surface area contributed by atoms with Crippen LogP contribution in [0.15, 0.2) is 0 Å². The van der Waals surface area contributed by atoms with Gasteiger partial charge in [-0.05, 0) is 44.1 Å². The Hall–Kier alpha value is -0.570. The first-order valence-corrected chi connectivity index (χ1v) is 8.27. The molecule has 0 atom stereocenters. The Bertz CT molecular complexity index is 266. The zero-order valence-corrected chi connectivity index (χ0v) is 12.3. The Balaban J connectivity index is 1.59. The van der Waals surface area contributed by atoms with Gasteiger partial charge in [0, 0.05) is 19.5 Å². The van der Waals surface area contributed by atoms with Crippen LogP contribution in [0.5, 0.6) is 0 Å². The molecule has 1 heterocycles. The number of hydrogen-bond donors (Lipinski definition) is 1. The number of carbonyl (C=O) groups is 1. The second-order valence-corrected chi connectivity index (χ2v) is 6.46. The largest absolute Gasteiger partial charge is 0.343 e. The summed E-state index contributed by atoms with van der Waals surface area (Å²) >= 11 is 0. The van der Waals surface area contributed by atoms with Crippen molar-refractivity contribution >= 4 is 5.91 Å². The number of nitrogens with zero attached hydrogens (tertiary/aromatic N) is 1. The predicted octanol–water partition coefficient (Wildman–Crippen LogP) is 2.93. The lowest BCUT2D eigenvalue weighted by Gasteiger charge is -2.31. The van der Waals surface area contributed by atoms with E-state index in [0.717, 1.165) is 51.2 Å². The third kappa shape index (κ3) is 4.79. The molecule has 19 heavy (non-hydrogen) atoms. The van der Waals surface area contributed by atoms with Gasteiger partial charge < -0.3 is 10.6 Å². The maximum Gasteiger partial charge on any atom is 0.222 e. The number of likely N-dealkylation sites (tertiary alicyclic amines) is 1. The number of amides is 1. The smallest absolute Gasteiger partial charge is 0.222 e. The van der Waals surface area contributed by atoms with Crippen molar-refractivity contribution in [1.29, 1.82) is 0 Å². The first kappa shape index (κ1) is 14.8. The molecule has 1 saturated heterocycles. The van der Waals surface area contributed by atoms with Gasteiger partial charge in [-0.25, -0.2) is 0 Å². The lowest BCUT2D eigenvalue weighted by Crippen LogP contribution is -2.39. The van der Waals surface area contributed by atoms with Gasteiger partial charge in [-0.1, -0.05) is 32.1 Å². The predicted molar refractivity (Wildman–Crippen MR) is 78.8 cm³/mol. The molecule has 2 rings (SSSR count). The van der Waals surface area contributed by atoms with Crippen LogP contribution in [0.2, 0.25) is 0 Å². The van der Waals surface area contributed by atoms with E-state index in [-0.39, 0.29) is 0 Å². The third-order valence-corrected chi connectivity index (χ3v) is 5.03. The van der Waals surface area contributed by atoms with Crippen LogP contribution in [0.25, 0.3) is 0 Å². The second kappa shape index (κ2) is 7.88. The van der Waals surface area contributed by atoms with E-state index in [1.54, 1.807) is 0 Å². The first-order valence-electron chi connectivity index (χ1n) is 8.27. The summed E-state index contributed by atoms with van der Waals surface area (Å²) in [4.78, 5) is 14.2.